The van der Waals surface area contributed by atoms with E-state index in [0.717, 1.165) is 57.5 Å². The monoisotopic (exact) mass is 538 g/mol. The second kappa shape index (κ2) is 18.3. The molecule has 2 N–H and O–H groups in total. The highest BCUT2D eigenvalue weighted by Gasteiger charge is 2.36. The molecular formula is C28H50N4O4S. The fourth-order valence-corrected chi connectivity index (χ4v) is 4.86. The van der Waals surface area contributed by atoms with Crippen LogP contribution in [0.4, 0.5) is 0 Å². The molecule has 3 fully saturated rings. The Hall–Kier alpha value is -2.03. The molecule has 0 aromatic carbocycles. The van der Waals surface area contributed by atoms with Crippen molar-refractivity contribution < 1.29 is 19.2 Å². The first-order chi connectivity index (χ1) is 17.7. The van der Waals surface area contributed by atoms with E-state index in [2.05, 4.69) is 37.4 Å². The second-order valence-corrected chi connectivity index (χ2v) is 11.4. The fraction of sp³-hybridized carbons (Fsp3) is 0.786. The molecule has 0 aromatic heterocycles. The van der Waals surface area contributed by atoms with E-state index in [1.54, 1.807) is 11.0 Å². The van der Waals surface area contributed by atoms with Crippen LogP contribution in [0, 0.1) is 5.92 Å². The normalized spacial score (nSPS) is 19.6. The lowest BCUT2D eigenvalue weighted by molar-refractivity contribution is -0.141. The lowest BCUT2D eigenvalue weighted by Gasteiger charge is -2.28. The standard InChI is InChI=1S/C22H34N4O4S.C4H10.C2H6/c1-2-7-17(21(29)24-31-16-9-10-16)23-22(30)18-8-6-15-26(18)20(28)12-11-19(27)25-13-4-3-5-14-25;1-4(2)3;1-2/h2,16-18H,1,3-15H2,(H,23,30)(H,24,29);4H,1-3H3;1-2H3/t17?,18-;;/m0../s1. The van der Waals surface area contributed by atoms with Gasteiger partial charge in [-0.1, -0.05) is 40.7 Å². The van der Waals surface area contributed by atoms with Crippen molar-refractivity contribution in [1.29, 1.82) is 0 Å². The Morgan fingerprint density at radius 2 is 1.51 bits per heavy atom. The Bertz CT molecular complexity index is 733. The lowest BCUT2D eigenvalue weighted by atomic mass is 10.1. The Kier molecular flexibility index (Phi) is 16.3. The van der Waals surface area contributed by atoms with Crippen molar-refractivity contribution in [3.05, 3.63) is 12.7 Å². The van der Waals surface area contributed by atoms with Gasteiger partial charge in [0.05, 0.1) is 0 Å². The molecule has 2 atom stereocenters. The van der Waals surface area contributed by atoms with Crippen molar-refractivity contribution in [2.24, 2.45) is 5.92 Å². The van der Waals surface area contributed by atoms with E-state index in [9.17, 15) is 19.2 Å². The lowest BCUT2D eigenvalue weighted by Crippen LogP contribution is -2.52. The van der Waals surface area contributed by atoms with E-state index in [4.69, 9.17) is 0 Å². The summed E-state index contributed by atoms with van der Waals surface area (Å²) in [6.07, 6.45) is 8.93. The van der Waals surface area contributed by atoms with Crippen LogP contribution >= 0.6 is 11.9 Å². The van der Waals surface area contributed by atoms with Gasteiger partial charge in [-0.05, 0) is 69.2 Å². The van der Waals surface area contributed by atoms with Gasteiger partial charge in [-0.15, -0.1) is 6.58 Å². The van der Waals surface area contributed by atoms with Crippen LogP contribution in [0.15, 0.2) is 12.7 Å². The van der Waals surface area contributed by atoms with Crippen molar-refractivity contribution in [2.75, 3.05) is 19.6 Å². The quantitative estimate of drug-likeness (QED) is 0.316. The summed E-state index contributed by atoms with van der Waals surface area (Å²) in [6, 6.07) is -1.29. The molecule has 37 heavy (non-hydrogen) atoms. The third-order valence-corrected chi connectivity index (χ3v) is 7.15. The highest BCUT2D eigenvalue weighted by Crippen LogP contribution is 2.31. The summed E-state index contributed by atoms with van der Waals surface area (Å²) in [4.78, 5) is 53.8. The van der Waals surface area contributed by atoms with E-state index in [-0.39, 0.29) is 36.5 Å². The number of rotatable bonds is 10. The number of nitrogens with one attached hydrogen (secondary N) is 2. The van der Waals surface area contributed by atoms with E-state index < -0.39 is 12.1 Å². The van der Waals surface area contributed by atoms with Crippen LogP contribution in [0.1, 0.15) is 98.8 Å². The Morgan fingerprint density at radius 3 is 2.08 bits per heavy atom. The molecule has 0 bridgehead atoms. The first kappa shape index (κ1) is 33.0. The van der Waals surface area contributed by atoms with Gasteiger partial charge in [0.2, 0.25) is 17.7 Å². The molecule has 2 heterocycles. The number of hydrogen-bond donors (Lipinski definition) is 2. The molecule has 2 aliphatic heterocycles. The second-order valence-electron chi connectivity index (χ2n) is 10.3. The van der Waals surface area contributed by atoms with Crippen LogP contribution in [-0.4, -0.2) is 70.4 Å². The number of likely N-dealkylation sites (tertiary alicyclic amines) is 2. The molecule has 3 aliphatic rings. The zero-order valence-corrected chi connectivity index (χ0v) is 24.5. The zero-order valence-electron chi connectivity index (χ0n) is 23.7. The number of carbonyl (C=O) groups excluding carboxylic acids is 4. The third kappa shape index (κ3) is 12.9. The minimum absolute atomic E-state index is 0.0177. The minimum atomic E-state index is -0.700. The molecule has 1 saturated carbocycles. The van der Waals surface area contributed by atoms with Gasteiger partial charge in [0.15, 0.2) is 0 Å². The molecular weight excluding hydrogens is 488 g/mol. The smallest absolute Gasteiger partial charge is 0.252 e. The first-order valence-electron chi connectivity index (χ1n) is 14.2. The van der Waals surface area contributed by atoms with Gasteiger partial charge in [-0.25, -0.2) is 0 Å². The molecule has 8 nitrogen and oxygen atoms in total. The third-order valence-electron chi connectivity index (χ3n) is 6.02. The first-order valence-corrected chi connectivity index (χ1v) is 15.0. The van der Waals surface area contributed by atoms with Gasteiger partial charge in [-0.2, -0.15) is 0 Å². The maximum absolute atomic E-state index is 12.9. The molecule has 1 unspecified atom stereocenters. The summed E-state index contributed by atoms with van der Waals surface area (Å²) < 4.78 is 2.82. The van der Waals surface area contributed by atoms with Crippen molar-refractivity contribution in [2.45, 2.75) is 116 Å². The minimum Gasteiger partial charge on any atom is -0.343 e. The average molecular weight is 539 g/mol. The summed E-state index contributed by atoms with van der Waals surface area (Å²) in [5.41, 5.74) is 0. The molecule has 0 spiro atoms. The van der Waals surface area contributed by atoms with Gasteiger partial charge in [0, 0.05) is 37.7 Å². The zero-order chi connectivity index (χ0) is 27.8. The summed E-state index contributed by atoms with van der Waals surface area (Å²) in [6.45, 7) is 16.2. The van der Waals surface area contributed by atoms with Crippen LogP contribution in [0.25, 0.3) is 0 Å². The maximum Gasteiger partial charge on any atom is 0.252 e. The van der Waals surface area contributed by atoms with Gasteiger partial charge < -0.3 is 15.1 Å². The number of nitrogens with zero attached hydrogens (tertiary/aromatic N) is 2. The Morgan fingerprint density at radius 1 is 0.919 bits per heavy atom. The maximum atomic E-state index is 12.9. The number of hydrogen-bond acceptors (Lipinski definition) is 5. The number of piperidine rings is 1. The molecule has 0 radical (unpaired) electrons. The van der Waals surface area contributed by atoms with Crippen molar-refractivity contribution >= 4 is 35.6 Å². The SMILES string of the molecule is C=CCC(NC(=O)[C@@H]1CCCN1C(=O)CCC(=O)N1CCCCC1)C(=O)NSC1CC1.CC.CC(C)C. The van der Waals surface area contributed by atoms with E-state index in [1.165, 1.54) is 11.9 Å². The van der Waals surface area contributed by atoms with Gasteiger partial charge in [0.1, 0.15) is 12.1 Å². The van der Waals surface area contributed by atoms with Crippen LogP contribution in [0.3, 0.4) is 0 Å². The average Bonchev–Trinajstić information content (AvgIpc) is 3.59. The molecule has 3 rings (SSSR count). The van der Waals surface area contributed by atoms with E-state index >= 15 is 0 Å². The van der Waals surface area contributed by atoms with Crippen molar-refractivity contribution in [1.82, 2.24) is 19.8 Å². The highest BCUT2D eigenvalue weighted by atomic mass is 32.2. The van der Waals surface area contributed by atoms with Crippen molar-refractivity contribution in [3.8, 4) is 0 Å². The topological polar surface area (TPSA) is 98.8 Å². The highest BCUT2D eigenvalue weighted by molar-refractivity contribution is 7.98. The van der Waals surface area contributed by atoms with Crippen LogP contribution < -0.4 is 10.0 Å². The predicted molar refractivity (Wildman–Crippen MR) is 152 cm³/mol. The van der Waals surface area contributed by atoms with E-state index in [1.807, 2.05) is 18.7 Å². The molecule has 4 amide bonds. The largest absolute Gasteiger partial charge is 0.343 e. The molecule has 2 saturated heterocycles. The molecule has 212 valence electrons. The number of amides is 4. The number of carbonyl (C=O) groups is 4. The molecule has 9 heteroatoms. The summed E-state index contributed by atoms with van der Waals surface area (Å²) in [5.74, 6) is 0.126. The molecule has 0 aromatic rings. The van der Waals surface area contributed by atoms with Crippen molar-refractivity contribution in [3.63, 3.8) is 0 Å². The summed E-state index contributed by atoms with van der Waals surface area (Å²) >= 11 is 1.40. The van der Waals surface area contributed by atoms with Crippen LogP contribution in [-0.2, 0) is 19.2 Å². The molecule has 1 aliphatic carbocycles. The predicted octanol–water partition coefficient (Wildman–Crippen LogP) is 4.45. The fourth-order valence-electron chi connectivity index (χ4n) is 4.06. The van der Waals surface area contributed by atoms with Gasteiger partial charge >= 0.3 is 0 Å². The van der Waals surface area contributed by atoms with Gasteiger partial charge in [-0.3, -0.25) is 23.9 Å². The van der Waals surface area contributed by atoms with E-state index in [0.29, 0.717) is 24.6 Å². The van der Waals surface area contributed by atoms with Gasteiger partial charge in [0.25, 0.3) is 5.91 Å². The summed E-state index contributed by atoms with van der Waals surface area (Å²) in [5, 5.41) is 3.27. The Balaban J connectivity index is 0.00000104. The van der Waals surface area contributed by atoms with Crippen LogP contribution in [0.2, 0.25) is 0 Å². The summed E-state index contributed by atoms with van der Waals surface area (Å²) in [7, 11) is 0. The van der Waals surface area contributed by atoms with Crippen LogP contribution in [0.5, 0.6) is 0 Å². The Labute approximate surface area is 228 Å².